The summed E-state index contributed by atoms with van der Waals surface area (Å²) in [5, 5.41) is 0.553. The summed E-state index contributed by atoms with van der Waals surface area (Å²) in [4.78, 5) is 21.7. The van der Waals surface area contributed by atoms with Crippen LogP contribution in [0.5, 0.6) is 5.75 Å². The van der Waals surface area contributed by atoms with Crippen LogP contribution in [0.1, 0.15) is 60.5 Å². The van der Waals surface area contributed by atoms with Gasteiger partial charge in [0, 0.05) is 5.02 Å². The number of aromatic nitrogens is 3. The Morgan fingerprint density at radius 2 is 1.91 bits per heavy atom. The van der Waals surface area contributed by atoms with Crippen molar-refractivity contribution in [1.29, 1.82) is 0 Å². The van der Waals surface area contributed by atoms with E-state index in [2.05, 4.69) is 14.7 Å². The summed E-state index contributed by atoms with van der Waals surface area (Å²) in [6.45, 7) is 8.59. The van der Waals surface area contributed by atoms with Gasteiger partial charge in [-0.15, -0.1) is 0 Å². The molecule has 33 heavy (non-hydrogen) atoms. The summed E-state index contributed by atoms with van der Waals surface area (Å²) in [7, 11) is -3.72. The van der Waals surface area contributed by atoms with Gasteiger partial charge >= 0.3 is 0 Å². The number of hydrogen-bond acceptors (Lipinski definition) is 6. The molecule has 0 saturated carbocycles. The smallest absolute Gasteiger partial charge is 0.283 e. The van der Waals surface area contributed by atoms with Crippen LogP contribution in [0, 0.1) is 13.8 Å². The van der Waals surface area contributed by atoms with E-state index in [0.717, 1.165) is 17.5 Å². The van der Waals surface area contributed by atoms with Crippen molar-refractivity contribution in [2.24, 2.45) is 0 Å². The molecule has 3 rings (SSSR count). The summed E-state index contributed by atoms with van der Waals surface area (Å²) in [6, 6.07) is 7.09. The number of unbranched alkanes of at least 4 members (excludes halogenated alkanes) is 1. The van der Waals surface area contributed by atoms with Gasteiger partial charge in [0.25, 0.3) is 5.91 Å². The van der Waals surface area contributed by atoms with E-state index < -0.39 is 15.9 Å². The third-order valence-corrected chi connectivity index (χ3v) is 6.83. The van der Waals surface area contributed by atoms with Crippen LogP contribution in [0.3, 0.4) is 0 Å². The molecule has 0 aliphatic carbocycles. The zero-order valence-electron chi connectivity index (χ0n) is 19.3. The van der Waals surface area contributed by atoms with Crippen LogP contribution < -0.4 is 9.46 Å². The van der Waals surface area contributed by atoms with Gasteiger partial charge in [-0.3, -0.25) is 4.79 Å². The zero-order chi connectivity index (χ0) is 24.2. The van der Waals surface area contributed by atoms with Gasteiger partial charge in [-0.05, 0) is 56.0 Å². The fourth-order valence-electron chi connectivity index (χ4n) is 3.37. The van der Waals surface area contributed by atoms with E-state index >= 15 is 0 Å². The Morgan fingerprint density at radius 1 is 1.15 bits per heavy atom. The van der Waals surface area contributed by atoms with Gasteiger partial charge in [0.1, 0.15) is 22.8 Å². The van der Waals surface area contributed by atoms with E-state index in [9.17, 15) is 13.2 Å². The molecular weight excluding hydrogens is 464 g/mol. The number of amides is 1. The monoisotopic (exact) mass is 492 g/mol. The van der Waals surface area contributed by atoms with Crippen molar-refractivity contribution in [1.82, 2.24) is 19.3 Å². The van der Waals surface area contributed by atoms with Crippen molar-refractivity contribution in [3.05, 3.63) is 51.9 Å². The van der Waals surface area contributed by atoms with E-state index in [1.807, 2.05) is 44.4 Å². The average molecular weight is 493 g/mol. The number of ether oxygens (including phenoxy) is 1. The highest BCUT2D eigenvalue weighted by Gasteiger charge is 2.20. The highest BCUT2D eigenvalue weighted by Crippen LogP contribution is 2.26. The van der Waals surface area contributed by atoms with Crippen LogP contribution in [-0.4, -0.2) is 41.2 Å². The molecule has 1 aromatic carbocycles. The first-order chi connectivity index (χ1) is 15.6. The second kappa shape index (κ2) is 10.5. The molecule has 1 amide bonds. The molecule has 0 aliphatic heterocycles. The van der Waals surface area contributed by atoms with Crippen LogP contribution in [0.4, 0.5) is 0 Å². The predicted octanol–water partition coefficient (Wildman–Crippen LogP) is 4.40. The van der Waals surface area contributed by atoms with Gasteiger partial charge in [-0.1, -0.05) is 37.9 Å². The number of halogens is 1. The highest BCUT2D eigenvalue weighted by atomic mass is 35.5. The standard InChI is InChI=1S/C23H29ClN4O4S/c1-5-7-11-33(30,31)27-23(29)20-12-15(3)21-22(26-20)28(16(4)25-21)14-17-8-9-18(13-19(17)24)32-10-6-2/h8-9,12-13H,5-7,10-11,14H2,1-4H3,(H,27,29). The molecule has 0 unspecified atom stereocenters. The van der Waals surface area contributed by atoms with Crippen LogP contribution >= 0.6 is 11.6 Å². The fraction of sp³-hybridized carbons (Fsp3) is 0.435. The van der Waals surface area contributed by atoms with Crippen LogP contribution in [0.15, 0.2) is 24.3 Å². The number of benzene rings is 1. The Labute approximate surface area is 199 Å². The maximum atomic E-state index is 12.7. The Morgan fingerprint density at radius 3 is 2.58 bits per heavy atom. The largest absolute Gasteiger partial charge is 0.494 e. The Kier molecular flexibility index (Phi) is 7.97. The van der Waals surface area contributed by atoms with Gasteiger partial charge in [0.15, 0.2) is 5.65 Å². The van der Waals surface area contributed by atoms with E-state index in [4.69, 9.17) is 16.3 Å². The number of nitrogens with zero attached hydrogens (tertiary/aromatic N) is 3. The molecule has 2 aromatic heterocycles. The molecule has 178 valence electrons. The summed E-state index contributed by atoms with van der Waals surface area (Å²) >= 11 is 6.49. The fourth-order valence-corrected chi connectivity index (χ4v) is 4.76. The third kappa shape index (κ3) is 6.03. The summed E-state index contributed by atoms with van der Waals surface area (Å²) in [5.74, 6) is 0.548. The number of hydrogen-bond donors (Lipinski definition) is 1. The average Bonchev–Trinajstić information content (AvgIpc) is 3.08. The van der Waals surface area contributed by atoms with Crippen LogP contribution in [-0.2, 0) is 16.6 Å². The molecule has 0 radical (unpaired) electrons. The lowest BCUT2D eigenvalue weighted by Gasteiger charge is -2.11. The number of sulfonamides is 1. The topological polar surface area (TPSA) is 103 Å². The van der Waals surface area contributed by atoms with Gasteiger partial charge in [-0.25, -0.2) is 23.1 Å². The summed E-state index contributed by atoms with van der Waals surface area (Å²) in [5.41, 5.74) is 2.74. The van der Waals surface area contributed by atoms with Crippen molar-refractivity contribution >= 4 is 38.7 Å². The lowest BCUT2D eigenvalue weighted by atomic mass is 10.2. The Bertz CT molecular complexity index is 1270. The van der Waals surface area contributed by atoms with Crippen LogP contribution in [0.2, 0.25) is 5.02 Å². The van der Waals surface area contributed by atoms with Crippen molar-refractivity contribution in [3.8, 4) is 5.75 Å². The molecule has 3 aromatic rings. The van der Waals surface area contributed by atoms with E-state index in [1.165, 1.54) is 0 Å². The highest BCUT2D eigenvalue weighted by molar-refractivity contribution is 7.90. The zero-order valence-corrected chi connectivity index (χ0v) is 20.9. The van der Waals surface area contributed by atoms with Gasteiger partial charge < -0.3 is 9.30 Å². The lowest BCUT2D eigenvalue weighted by molar-refractivity contribution is 0.0976. The summed E-state index contributed by atoms with van der Waals surface area (Å²) < 4.78 is 33.9. The molecule has 0 aliphatic rings. The summed E-state index contributed by atoms with van der Waals surface area (Å²) in [6.07, 6.45) is 2.09. The van der Waals surface area contributed by atoms with Gasteiger partial charge in [0.2, 0.25) is 10.0 Å². The number of pyridine rings is 1. The molecule has 8 nitrogen and oxygen atoms in total. The molecule has 0 fully saturated rings. The maximum Gasteiger partial charge on any atom is 0.283 e. The number of imidazole rings is 1. The van der Waals surface area contributed by atoms with Gasteiger partial charge in [-0.2, -0.15) is 0 Å². The Hall–Kier alpha value is -2.65. The molecule has 0 saturated heterocycles. The van der Waals surface area contributed by atoms with Crippen molar-refractivity contribution in [3.63, 3.8) is 0 Å². The predicted molar refractivity (Wildman–Crippen MR) is 130 cm³/mol. The maximum absolute atomic E-state index is 12.7. The van der Waals surface area contributed by atoms with Crippen molar-refractivity contribution in [2.75, 3.05) is 12.4 Å². The minimum atomic E-state index is -3.72. The normalized spacial score (nSPS) is 11.7. The number of carbonyl (C=O) groups is 1. The van der Waals surface area contributed by atoms with E-state index in [-0.39, 0.29) is 11.4 Å². The number of aryl methyl sites for hydroxylation is 2. The molecular formula is C23H29ClN4O4S. The van der Waals surface area contributed by atoms with Crippen molar-refractivity contribution in [2.45, 2.75) is 53.5 Å². The van der Waals surface area contributed by atoms with Crippen molar-refractivity contribution < 1.29 is 17.9 Å². The Balaban J connectivity index is 1.93. The molecule has 2 heterocycles. The number of rotatable bonds is 10. The lowest BCUT2D eigenvalue weighted by Crippen LogP contribution is -2.33. The number of carbonyl (C=O) groups excluding carboxylic acids is 1. The first-order valence-electron chi connectivity index (χ1n) is 11.0. The molecule has 0 spiro atoms. The third-order valence-electron chi connectivity index (χ3n) is 5.16. The molecule has 10 heteroatoms. The van der Waals surface area contributed by atoms with Gasteiger partial charge in [0.05, 0.1) is 18.9 Å². The molecule has 1 N–H and O–H groups in total. The second-order valence-corrected chi connectivity index (χ2v) is 10.2. The first kappa shape index (κ1) is 25.0. The minimum absolute atomic E-state index is 0.0237. The SMILES string of the molecule is CCCCS(=O)(=O)NC(=O)c1cc(C)c2nc(C)n(Cc3ccc(OCCC)cc3Cl)c2n1. The number of nitrogens with one attached hydrogen (secondary N) is 1. The quantitative estimate of drug-likeness (QED) is 0.450. The van der Waals surface area contributed by atoms with E-state index in [1.54, 1.807) is 12.1 Å². The van der Waals surface area contributed by atoms with E-state index in [0.29, 0.717) is 53.8 Å². The molecule has 0 bridgehead atoms. The second-order valence-electron chi connectivity index (χ2n) is 7.95. The number of fused-ring (bicyclic) bond motifs is 1. The first-order valence-corrected chi connectivity index (χ1v) is 13.0. The molecule has 0 atom stereocenters. The minimum Gasteiger partial charge on any atom is -0.494 e. The van der Waals surface area contributed by atoms with Crippen LogP contribution in [0.25, 0.3) is 11.2 Å².